The minimum absolute atomic E-state index is 0.0303. The Morgan fingerprint density at radius 3 is 2.61 bits per heavy atom. The first kappa shape index (κ1) is 12.3. The van der Waals surface area contributed by atoms with Gasteiger partial charge in [-0.25, -0.2) is 0 Å². The van der Waals surface area contributed by atoms with Gasteiger partial charge in [-0.3, -0.25) is 9.78 Å². The van der Waals surface area contributed by atoms with Crippen molar-refractivity contribution >= 4 is 5.78 Å². The number of benzene rings is 1. The molecule has 0 radical (unpaired) electrons. The third kappa shape index (κ3) is 2.25. The predicted octanol–water partition coefficient (Wildman–Crippen LogP) is 3.27. The monoisotopic (exact) mass is 241 g/mol. The van der Waals surface area contributed by atoms with Gasteiger partial charge in [0.05, 0.1) is 7.11 Å². The van der Waals surface area contributed by atoms with Gasteiger partial charge in [0.1, 0.15) is 5.75 Å². The summed E-state index contributed by atoms with van der Waals surface area (Å²) in [7, 11) is 1.61. The maximum Gasteiger partial charge on any atom is 0.159 e. The van der Waals surface area contributed by atoms with Crippen LogP contribution >= 0.6 is 0 Å². The Hall–Kier alpha value is -2.16. The maximum atomic E-state index is 11.4. The number of hydrogen-bond acceptors (Lipinski definition) is 3. The Kier molecular flexibility index (Phi) is 3.42. The molecule has 0 unspecified atom stereocenters. The summed E-state index contributed by atoms with van der Waals surface area (Å²) >= 11 is 0. The van der Waals surface area contributed by atoms with Crippen LogP contribution < -0.4 is 4.74 Å². The predicted molar refractivity (Wildman–Crippen MR) is 71.0 cm³/mol. The highest BCUT2D eigenvalue weighted by Gasteiger charge is 2.10. The number of ketones is 1. The van der Waals surface area contributed by atoms with Gasteiger partial charge in [-0.15, -0.1) is 0 Å². The number of carbonyl (C=O) groups excluding carboxylic acids is 1. The first-order valence-electron chi connectivity index (χ1n) is 5.73. The van der Waals surface area contributed by atoms with Crippen LogP contribution in [0.2, 0.25) is 0 Å². The van der Waals surface area contributed by atoms with Crippen LogP contribution in [0, 0.1) is 6.92 Å². The van der Waals surface area contributed by atoms with Crippen molar-refractivity contribution in [1.82, 2.24) is 4.98 Å². The third-order valence-electron chi connectivity index (χ3n) is 2.94. The third-order valence-corrected chi connectivity index (χ3v) is 2.94. The maximum absolute atomic E-state index is 11.4. The molecule has 1 heterocycles. The highest BCUT2D eigenvalue weighted by Crippen LogP contribution is 2.32. The number of ether oxygens (including phenoxy) is 1. The molecule has 1 aromatic carbocycles. The molecule has 0 fully saturated rings. The van der Waals surface area contributed by atoms with Gasteiger partial charge >= 0.3 is 0 Å². The van der Waals surface area contributed by atoms with E-state index in [-0.39, 0.29) is 5.78 Å². The Bertz CT molecular complexity index is 591. The molecular formula is C15H15NO2. The van der Waals surface area contributed by atoms with Crippen molar-refractivity contribution in [2.75, 3.05) is 7.11 Å². The van der Waals surface area contributed by atoms with Crippen LogP contribution in [0.25, 0.3) is 11.1 Å². The van der Waals surface area contributed by atoms with Crippen LogP contribution in [0.15, 0.2) is 36.7 Å². The molecule has 2 rings (SSSR count). The van der Waals surface area contributed by atoms with Crippen LogP contribution in [-0.4, -0.2) is 17.9 Å². The zero-order chi connectivity index (χ0) is 13.1. The van der Waals surface area contributed by atoms with Crippen molar-refractivity contribution in [3.05, 3.63) is 47.8 Å². The van der Waals surface area contributed by atoms with Crippen molar-refractivity contribution in [2.45, 2.75) is 13.8 Å². The summed E-state index contributed by atoms with van der Waals surface area (Å²) in [6.07, 6.45) is 3.57. The summed E-state index contributed by atoms with van der Waals surface area (Å²) in [4.78, 5) is 15.5. The van der Waals surface area contributed by atoms with E-state index in [0.717, 1.165) is 16.7 Å². The number of aromatic nitrogens is 1. The Balaban J connectivity index is 2.58. The van der Waals surface area contributed by atoms with Crippen LogP contribution in [-0.2, 0) is 0 Å². The summed E-state index contributed by atoms with van der Waals surface area (Å²) < 4.78 is 5.37. The minimum Gasteiger partial charge on any atom is -0.496 e. The van der Waals surface area contributed by atoms with Crippen molar-refractivity contribution in [2.24, 2.45) is 0 Å². The fourth-order valence-electron chi connectivity index (χ4n) is 1.88. The molecule has 1 aromatic heterocycles. The van der Waals surface area contributed by atoms with Crippen LogP contribution in [0.4, 0.5) is 0 Å². The molecule has 0 saturated heterocycles. The molecule has 3 nitrogen and oxygen atoms in total. The van der Waals surface area contributed by atoms with E-state index in [2.05, 4.69) is 4.98 Å². The second kappa shape index (κ2) is 5.00. The smallest absolute Gasteiger partial charge is 0.159 e. The molecule has 0 saturated carbocycles. The van der Waals surface area contributed by atoms with Gasteiger partial charge in [0, 0.05) is 29.1 Å². The zero-order valence-corrected chi connectivity index (χ0v) is 10.7. The molecule has 18 heavy (non-hydrogen) atoms. The molecule has 0 amide bonds. The van der Waals surface area contributed by atoms with E-state index in [1.807, 2.05) is 25.1 Å². The zero-order valence-electron chi connectivity index (χ0n) is 10.7. The number of nitrogens with zero attached hydrogens (tertiary/aromatic N) is 1. The van der Waals surface area contributed by atoms with E-state index >= 15 is 0 Å². The van der Waals surface area contributed by atoms with Crippen LogP contribution in [0.3, 0.4) is 0 Å². The minimum atomic E-state index is 0.0303. The summed E-state index contributed by atoms with van der Waals surface area (Å²) in [5, 5.41) is 0. The fourth-order valence-corrected chi connectivity index (χ4v) is 1.88. The van der Waals surface area contributed by atoms with Crippen molar-refractivity contribution in [3.8, 4) is 16.9 Å². The Morgan fingerprint density at radius 2 is 2.00 bits per heavy atom. The van der Waals surface area contributed by atoms with E-state index in [4.69, 9.17) is 4.74 Å². The van der Waals surface area contributed by atoms with E-state index in [1.54, 1.807) is 32.5 Å². The topological polar surface area (TPSA) is 39.2 Å². The molecule has 3 heteroatoms. The number of carbonyl (C=O) groups is 1. The summed E-state index contributed by atoms with van der Waals surface area (Å²) in [6.45, 7) is 3.57. The molecular weight excluding hydrogens is 226 g/mol. The van der Waals surface area contributed by atoms with Crippen molar-refractivity contribution < 1.29 is 9.53 Å². The van der Waals surface area contributed by atoms with Gasteiger partial charge in [0.2, 0.25) is 0 Å². The van der Waals surface area contributed by atoms with Gasteiger partial charge in [-0.05, 0) is 37.6 Å². The second-order valence-corrected chi connectivity index (χ2v) is 4.16. The normalized spacial score (nSPS) is 10.2. The number of aryl methyl sites for hydroxylation is 1. The van der Waals surface area contributed by atoms with Crippen LogP contribution in [0.5, 0.6) is 5.75 Å². The summed E-state index contributed by atoms with van der Waals surface area (Å²) in [6, 6.07) is 7.43. The standard InChI is InChI=1S/C15H15NO2/c1-10-6-7-16-9-14(10)13-5-4-12(11(2)17)8-15(13)18-3/h4-9H,1-3H3. The molecule has 0 aliphatic heterocycles. The molecule has 92 valence electrons. The van der Waals surface area contributed by atoms with Gasteiger partial charge in [0.15, 0.2) is 5.78 Å². The molecule has 0 aliphatic carbocycles. The van der Waals surface area contributed by atoms with Gasteiger partial charge in [-0.2, -0.15) is 0 Å². The largest absolute Gasteiger partial charge is 0.496 e. The Morgan fingerprint density at radius 1 is 1.22 bits per heavy atom. The highest BCUT2D eigenvalue weighted by atomic mass is 16.5. The average molecular weight is 241 g/mol. The highest BCUT2D eigenvalue weighted by molar-refractivity contribution is 5.95. The molecule has 0 atom stereocenters. The lowest BCUT2D eigenvalue weighted by atomic mass is 9.99. The van der Waals surface area contributed by atoms with Crippen molar-refractivity contribution in [3.63, 3.8) is 0 Å². The Labute approximate surface area is 106 Å². The number of hydrogen-bond donors (Lipinski definition) is 0. The lowest BCUT2D eigenvalue weighted by molar-refractivity contribution is 0.101. The van der Waals surface area contributed by atoms with Crippen LogP contribution in [0.1, 0.15) is 22.8 Å². The fraction of sp³-hybridized carbons (Fsp3) is 0.200. The van der Waals surface area contributed by atoms with E-state index in [0.29, 0.717) is 11.3 Å². The number of pyridine rings is 1. The molecule has 0 spiro atoms. The quantitative estimate of drug-likeness (QED) is 0.774. The lowest BCUT2D eigenvalue weighted by Gasteiger charge is -2.11. The molecule has 0 N–H and O–H groups in total. The summed E-state index contributed by atoms with van der Waals surface area (Å²) in [5.74, 6) is 0.724. The SMILES string of the molecule is COc1cc(C(C)=O)ccc1-c1cnccc1C. The number of methoxy groups -OCH3 is 1. The molecule has 0 bridgehead atoms. The second-order valence-electron chi connectivity index (χ2n) is 4.16. The average Bonchev–Trinajstić information content (AvgIpc) is 2.38. The number of Topliss-reactive ketones (excluding diaryl/α,β-unsaturated/α-hetero) is 1. The van der Waals surface area contributed by atoms with E-state index in [9.17, 15) is 4.79 Å². The van der Waals surface area contributed by atoms with E-state index < -0.39 is 0 Å². The van der Waals surface area contributed by atoms with Gasteiger partial charge in [0.25, 0.3) is 0 Å². The van der Waals surface area contributed by atoms with Gasteiger partial charge < -0.3 is 4.74 Å². The first-order valence-corrected chi connectivity index (χ1v) is 5.73. The number of rotatable bonds is 3. The van der Waals surface area contributed by atoms with Gasteiger partial charge in [-0.1, -0.05) is 6.07 Å². The first-order chi connectivity index (χ1) is 8.63. The van der Waals surface area contributed by atoms with Crippen molar-refractivity contribution in [1.29, 1.82) is 0 Å². The lowest BCUT2D eigenvalue weighted by Crippen LogP contribution is -1.96. The van der Waals surface area contributed by atoms with E-state index in [1.165, 1.54) is 0 Å². The summed E-state index contributed by atoms with van der Waals surface area (Å²) in [5.41, 5.74) is 3.74. The molecule has 2 aromatic rings. The molecule has 0 aliphatic rings.